The third-order valence-electron chi connectivity index (χ3n) is 4.27. The van der Waals surface area contributed by atoms with Crippen LogP contribution in [0.25, 0.3) is 0 Å². The van der Waals surface area contributed by atoms with Gasteiger partial charge in [0.05, 0.1) is 18.1 Å². The summed E-state index contributed by atoms with van der Waals surface area (Å²) in [5, 5.41) is 3.15. The minimum atomic E-state index is 0.342. The van der Waals surface area contributed by atoms with E-state index in [1.54, 1.807) is 24.8 Å². The summed E-state index contributed by atoms with van der Waals surface area (Å²) in [5.74, 6) is 2.58. The Balaban J connectivity index is 1.44. The molecule has 1 fully saturated rings. The Morgan fingerprint density at radius 1 is 0.880 bits per heavy atom. The average molecular weight is 333 g/mol. The molecule has 1 saturated heterocycles. The van der Waals surface area contributed by atoms with Crippen LogP contribution in [0, 0.1) is 0 Å². The van der Waals surface area contributed by atoms with E-state index < -0.39 is 0 Å². The van der Waals surface area contributed by atoms with Gasteiger partial charge >= 0.3 is 0 Å². The highest BCUT2D eigenvalue weighted by Crippen LogP contribution is 2.27. The van der Waals surface area contributed by atoms with Crippen LogP contribution < -0.4 is 10.2 Å². The van der Waals surface area contributed by atoms with Gasteiger partial charge in [0.25, 0.3) is 0 Å². The third kappa shape index (κ3) is 3.71. The van der Waals surface area contributed by atoms with E-state index >= 15 is 0 Å². The van der Waals surface area contributed by atoms with Crippen LogP contribution in [0.1, 0.15) is 24.5 Å². The maximum absolute atomic E-state index is 4.61. The van der Waals surface area contributed by atoms with Crippen molar-refractivity contribution in [2.24, 2.45) is 0 Å². The second-order valence-corrected chi connectivity index (χ2v) is 6.00. The number of nitrogens with zero attached hydrogens (tertiary/aromatic N) is 6. The predicted molar refractivity (Wildman–Crippen MR) is 95.8 cm³/mol. The lowest BCUT2D eigenvalue weighted by atomic mass is 9.95. The summed E-state index contributed by atoms with van der Waals surface area (Å²) in [6.45, 7) is 1.85. The summed E-state index contributed by atoms with van der Waals surface area (Å²) in [6, 6.07) is 7.54. The molecule has 0 aliphatic carbocycles. The van der Waals surface area contributed by atoms with E-state index in [1.807, 2.05) is 30.5 Å². The van der Waals surface area contributed by atoms with E-state index in [9.17, 15) is 0 Å². The van der Waals surface area contributed by atoms with Gasteiger partial charge in [-0.3, -0.25) is 4.98 Å². The van der Waals surface area contributed by atoms with E-state index in [-0.39, 0.29) is 0 Å². The van der Waals surface area contributed by atoms with Crippen LogP contribution in [0.2, 0.25) is 0 Å². The van der Waals surface area contributed by atoms with Crippen molar-refractivity contribution < 1.29 is 0 Å². The Morgan fingerprint density at radius 3 is 2.52 bits per heavy atom. The van der Waals surface area contributed by atoms with Crippen molar-refractivity contribution in [2.75, 3.05) is 23.3 Å². The van der Waals surface area contributed by atoms with Crippen molar-refractivity contribution in [3.8, 4) is 0 Å². The number of nitrogens with one attached hydrogen (secondary N) is 1. The van der Waals surface area contributed by atoms with Crippen molar-refractivity contribution in [1.82, 2.24) is 24.9 Å². The Bertz CT molecular complexity index is 793. The largest absolute Gasteiger partial charge is 0.340 e. The molecule has 0 saturated carbocycles. The molecular weight excluding hydrogens is 314 g/mol. The number of piperidine rings is 1. The Labute approximate surface area is 146 Å². The molecule has 4 heterocycles. The summed E-state index contributed by atoms with van der Waals surface area (Å²) in [5.41, 5.74) is 1.01. The second-order valence-electron chi connectivity index (χ2n) is 6.00. The van der Waals surface area contributed by atoms with E-state index in [0.717, 1.165) is 43.4 Å². The average Bonchev–Trinajstić information content (AvgIpc) is 2.70. The van der Waals surface area contributed by atoms with E-state index in [4.69, 9.17) is 0 Å². The SMILES string of the molecule is c1ccc(Nc2cnc(C3CCCN(c4ncccn4)C3)cn2)nc1. The molecule has 7 nitrogen and oxygen atoms in total. The standard InChI is InChI=1S/C18H19N7/c1-2-7-19-16(6-1)24-17-12-22-15(11-23-17)14-5-3-10-25(13-14)18-20-8-4-9-21-18/h1-2,4,6-9,11-12,14H,3,5,10,13H2,(H,19,23,24). The summed E-state index contributed by atoms with van der Waals surface area (Å²) in [6.07, 6.45) is 11.1. The number of hydrogen-bond acceptors (Lipinski definition) is 7. The minimum absolute atomic E-state index is 0.342. The van der Waals surface area contributed by atoms with Gasteiger partial charge in [0.1, 0.15) is 11.6 Å². The first kappa shape index (κ1) is 15.4. The molecule has 0 spiro atoms. The normalized spacial score (nSPS) is 17.3. The molecule has 4 rings (SSSR count). The number of hydrogen-bond donors (Lipinski definition) is 1. The van der Waals surface area contributed by atoms with E-state index in [0.29, 0.717) is 11.7 Å². The van der Waals surface area contributed by atoms with Crippen LogP contribution in [0.15, 0.2) is 55.2 Å². The monoisotopic (exact) mass is 333 g/mol. The first-order chi connectivity index (χ1) is 12.4. The summed E-state index contributed by atoms with van der Waals surface area (Å²) >= 11 is 0. The molecule has 126 valence electrons. The maximum Gasteiger partial charge on any atom is 0.225 e. The van der Waals surface area contributed by atoms with Crippen LogP contribution in [-0.4, -0.2) is 38.0 Å². The molecule has 0 amide bonds. The van der Waals surface area contributed by atoms with Crippen molar-refractivity contribution >= 4 is 17.6 Å². The molecule has 1 N–H and O–H groups in total. The first-order valence-electron chi connectivity index (χ1n) is 8.40. The highest BCUT2D eigenvalue weighted by atomic mass is 15.3. The number of pyridine rings is 1. The minimum Gasteiger partial charge on any atom is -0.340 e. The fraction of sp³-hybridized carbons (Fsp3) is 0.278. The quantitative estimate of drug-likeness (QED) is 0.786. The smallest absolute Gasteiger partial charge is 0.225 e. The molecule has 25 heavy (non-hydrogen) atoms. The van der Waals surface area contributed by atoms with Gasteiger partial charge in [-0.2, -0.15) is 0 Å². The number of anilines is 3. The van der Waals surface area contributed by atoms with Crippen molar-refractivity contribution in [1.29, 1.82) is 0 Å². The molecule has 7 heteroatoms. The molecule has 0 bridgehead atoms. The zero-order valence-electron chi connectivity index (χ0n) is 13.8. The summed E-state index contributed by atoms with van der Waals surface area (Å²) in [7, 11) is 0. The van der Waals surface area contributed by atoms with Crippen LogP contribution in [0.5, 0.6) is 0 Å². The fourth-order valence-corrected chi connectivity index (χ4v) is 3.04. The van der Waals surface area contributed by atoms with Crippen LogP contribution >= 0.6 is 0 Å². The van der Waals surface area contributed by atoms with Gasteiger partial charge in [-0.25, -0.2) is 19.9 Å². The highest BCUT2D eigenvalue weighted by Gasteiger charge is 2.24. The molecule has 1 atom stereocenters. The van der Waals surface area contributed by atoms with Gasteiger partial charge < -0.3 is 10.2 Å². The fourth-order valence-electron chi connectivity index (χ4n) is 3.04. The zero-order chi connectivity index (χ0) is 16.9. The zero-order valence-corrected chi connectivity index (χ0v) is 13.8. The molecule has 3 aromatic rings. The Kier molecular flexibility index (Phi) is 4.45. The van der Waals surface area contributed by atoms with Gasteiger partial charge in [-0.05, 0) is 31.0 Å². The topological polar surface area (TPSA) is 79.7 Å². The lowest BCUT2D eigenvalue weighted by Crippen LogP contribution is -2.35. The summed E-state index contributed by atoms with van der Waals surface area (Å²) in [4.78, 5) is 24.2. The molecule has 0 radical (unpaired) electrons. The van der Waals surface area contributed by atoms with Crippen molar-refractivity contribution in [3.05, 3.63) is 60.9 Å². The second kappa shape index (κ2) is 7.21. The number of aromatic nitrogens is 5. The molecule has 1 aliphatic heterocycles. The number of rotatable bonds is 4. The third-order valence-corrected chi connectivity index (χ3v) is 4.27. The molecule has 1 aliphatic rings. The predicted octanol–water partition coefficient (Wildman–Crippen LogP) is 2.79. The molecule has 3 aromatic heterocycles. The molecular formula is C18H19N7. The van der Waals surface area contributed by atoms with Crippen molar-refractivity contribution in [3.63, 3.8) is 0 Å². The lowest BCUT2D eigenvalue weighted by Gasteiger charge is -2.32. The van der Waals surface area contributed by atoms with Crippen LogP contribution in [-0.2, 0) is 0 Å². The van der Waals surface area contributed by atoms with Crippen LogP contribution in [0.4, 0.5) is 17.6 Å². The Hall–Kier alpha value is -3.09. The van der Waals surface area contributed by atoms with Crippen molar-refractivity contribution in [2.45, 2.75) is 18.8 Å². The van der Waals surface area contributed by atoms with Gasteiger partial charge in [-0.1, -0.05) is 6.07 Å². The lowest BCUT2D eigenvalue weighted by molar-refractivity contribution is 0.494. The molecule has 1 unspecified atom stereocenters. The van der Waals surface area contributed by atoms with Gasteiger partial charge in [0.2, 0.25) is 5.95 Å². The summed E-state index contributed by atoms with van der Waals surface area (Å²) < 4.78 is 0. The van der Waals surface area contributed by atoms with Crippen LogP contribution in [0.3, 0.4) is 0 Å². The first-order valence-corrected chi connectivity index (χ1v) is 8.40. The van der Waals surface area contributed by atoms with Gasteiger partial charge in [0, 0.05) is 37.6 Å². The Morgan fingerprint density at radius 2 is 1.76 bits per heavy atom. The van der Waals surface area contributed by atoms with E-state index in [1.165, 1.54) is 0 Å². The maximum atomic E-state index is 4.61. The molecule has 0 aromatic carbocycles. The highest BCUT2D eigenvalue weighted by molar-refractivity contribution is 5.49. The van der Waals surface area contributed by atoms with Gasteiger partial charge in [-0.15, -0.1) is 0 Å². The van der Waals surface area contributed by atoms with Gasteiger partial charge in [0.15, 0.2) is 0 Å². The van der Waals surface area contributed by atoms with E-state index in [2.05, 4.69) is 35.1 Å².